The molecule has 3 saturated carbocycles. The van der Waals surface area contributed by atoms with E-state index in [0.717, 1.165) is 17.6 Å². The molecular formula is C16H29NS. The van der Waals surface area contributed by atoms with Gasteiger partial charge in [-0.15, -0.1) is 0 Å². The molecule has 0 N–H and O–H groups in total. The van der Waals surface area contributed by atoms with E-state index in [9.17, 15) is 0 Å². The van der Waals surface area contributed by atoms with Crippen LogP contribution in [0.1, 0.15) is 57.8 Å². The Bertz CT molecular complexity index is 250. The van der Waals surface area contributed by atoms with Gasteiger partial charge in [-0.1, -0.05) is 19.3 Å². The lowest BCUT2D eigenvalue weighted by atomic mass is 9.75. The van der Waals surface area contributed by atoms with Gasteiger partial charge in [0.25, 0.3) is 0 Å². The lowest BCUT2D eigenvalue weighted by Crippen LogP contribution is -2.42. The zero-order valence-electron chi connectivity index (χ0n) is 11.7. The van der Waals surface area contributed by atoms with E-state index in [0.29, 0.717) is 5.41 Å². The highest BCUT2D eigenvalue weighted by Gasteiger charge is 2.36. The van der Waals surface area contributed by atoms with E-state index in [1.807, 2.05) is 0 Å². The standard InChI is InChI=1S/C16H29NS/c18-13-16(8-2-1-3-9-16)12-17(10-14-4-5-14)11-15-6-7-15/h14-15,18H,1-13H2. The van der Waals surface area contributed by atoms with Crippen molar-refractivity contribution in [3.8, 4) is 0 Å². The number of hydrogen-bond donors (Lipinski definition) is 1. The molecule has 0 unspecified atom stereocenters. The van der Waals surface area contributed by atoms with Crippen molar-refractivity contribution in [1.82, 2.24) is 4.90 Å². The molecule has 0 aliphatic heterocycles. The van der Waals surface area contributed by atoms with Gasteiger partial charge in [0.2, 0.25) is 0 Å². The van der Waals surface area contributed by atoms with Crippen LogP contribution in [-0.4, -0.2) is 30.3 Å². The van der Waals surface area contributed by atoms with Gasteiger partial charge in [0.05, 0.1) is 0 Å². The molecule has 0 bridgehead atoms. The lowest BCUT2D eigenvalue weighted by Gasteiger charge is -2.40. The Balaban J connectivity index is 1.57. The minimum Gasteiger partial charge on any atom is -0.302 e. The first kappa shape index (κ1) is 13.3. The molecule has 104 valence electrons. The summed E-state index contributed by atoms with van der Waals surface area (Å²) in [5, 5.41) is 0. The summed E-state index contributed by atoms with van der Waals surface area (Å²) in [6.45, 7) is 4.14. The van der Waals surface area contributed by atoms with Crippen LogP contribution in [0.4, 0.5) is 0 Å². The number of rotatable bonds is 7. The first-order chi connectivity index (χ1) is 8.80. The molecular weight excluding hydrogens is 238 g/mol. The van der Waals surface area contributed by atoms with E-state index in [-0.39, 0.29) is 0 Å². The molecule has 0 radical (unpaired) electrons. The molecule has 1 nitrogen and oxygen atoms in total. The average molecular weight is 267 g/mol. The topological polar surface area (TPSA) is 3.24 Å². The van der Waals surface area contributed by atoms with E-state index in [2.05, 4.69) is 4.90 Å². The summed E-state index contributed by atoms with van der Waals surface area (Å²) in [5.41, 5.74) is 0.561. The average Bonchev–Trinajstić information content (AvgIpc) is 3.27. The molecule has 0 aromatic carbocycles. The van der Waals surface area contributed by atoms with E-state index in [1.54, 1.807) is 0 Å². The highest BCUT2D eigenvalue weighted by Crippen LogP contribution is 2.40. The first-order valence-electron chi connectivity index (χ1n) is 8.13. The van der Waals surface area contributed by atoms with Crippen LogP contribution >= 0.6 is 12.6 Å². The molecule has 3 fully saturated rings. The van der Waals surface area contributed by atoms with Crippen molar-refractivity contribution in [3.05, 3.63) is 0 Å². The molecule has 2 heteroatoms. The van der Waals surface area contributed by atoms with E-state index >= 15 is 0 Å². The predicted molar refractivity (Wildman–Crippen MR) is 81.3 cm³/mol. The Morgan fingerprint density at radius 1 is 0.889 bits per heavy atom. The molecule has 0 atom stereocenters. The second-order valence-corrected chi connectivity index (χ2v) is 7.62. The van der Waals surface area contributed by atoms with Crippen molar-refractivity contribution in [2.75, 3.05) is 25.4 Å². The van der Waals surface area contributed by atoms with Gasteiger partial charge >= 0.3 is 0 Å². The Kier molecular flexibility index (Phi) is 4.25. The normalized spacial score (nSPS) is 27.7. The molecule has 18 heavy (non-hydrogen) atoms. The molecule has 0 aromatic rings. The van der Waals surface area contributed by atoms with Crippen LogP contribution in [0.2, 0.25) is 0 Å². The zero-order valence-corrected chi connectivity index (χ0v) is 12.6. The predicted octanol–water partition coefficient (Wildman–Crippen LogP) is 3.99. The molecule has 3 aliphatic carbocycles. The van der Waals surface area contributed by atoms with E-state index in [1.165, 1.54) is 77.4 Å². The molecule has 0 spiro atoms. The number of thiol groups is 1. The summed E-state index contributed by atoms with van der Waals surface area (Å²) in [4.78, 5) is 2.83. The van der Waals surface area contributed by atoms with Crippen molar-refractivity contribution < 1.29 is 0 Å². The van der Waals surface area contributed by atoms with Gasteiger partial charge in [-0.25, -0.2) is 0 Å². The molecule has 0 saturated heterocycles. The third-order valence-corrected chi connectivity index (χ3v) is 5.91. The van der Waals surface area contributed by atoms with Crippen LogP contribution in [0.3, 0.4) is 0 Å². The van der Waals surface area contributed by atoms with Crippen LogP contribution in [0.15, 0.2) is 0 Å². The molecule has 0 aromatic heterocycles. The van der Waals surface area contributed by atoms with Gasteiger partial charge in [-0.05, 0) is 61.5 Å². The summed E-state index contributed by atoms with van der Waals surface area (Å²) < 4.78 is 0. The molecule has 0 amide bonds. The smallest absolute Gasteiger partial charge is 0.00460 e. The zero-order chi connectivity index (χ0) is 12.4. The van der Waals surface area contributed by atoms with Crippen LogP contribution in [0, 0.1) is 17.3 Å². The maximum Gasteiger partial charge on any atom is 0.00460 e. The van der Waals surface area contributed by atoms with Crippen molar-refractivity contribution in [3.63, 3.8) is 0 Å². The second kappa shape index (κ2) is 5.75. The Morgan fingerprint density at radius 2 is 1.44 bits per heavy atom. The van der Waals surface area contributed by atoms with Crippen LogP contribution in [0.5, 0.6) is 0 Å². The molecule has 0 heterocycles. The van der Waals surface area contributed by atoms with Gasteiger partial charge in [0.1, 0.15) is 0 Å². The largest absolute Gasteiger partial charge is 0.302 e. The van der Waals surface area contributed by atoms with Gasteiger partial charge in [-0.2, -0.15) is 12.6 Å². The summed E-state index contributed by atoms with van der Waals surface area (Å²) in [6, 6.07) is 0. The van der Waals surface area contributed by atoms with Crippen LogP contribution < -0.4 is 0 Å². The first-order valence-corrected chi connectivity index (χ1v) is 8.76. The fourth-order valence-corrected chi connectivity index (χ4v) is 4.09. The second-order valence-electron chi connectivity index (χ2n) is 7.30. The quantitative estimate of drug-likeness (QED) is 0.683. The summed E-state index contributed by atoms with van der Waals surface area (Å²) in [7, 11) is 0. The third kappa shape index (κ3) is 3.66. The van der Waals surface area contributed by atoms with Gasteiger partial charge in [-0.3, -0.25) is 0 Å². The van der Waals surface area contributed by atoms with Crippen LogP contribution in [0.25, 0.3) is 0 Å². The van der Waals surface area contributed by atoms with Gasteiger partial charge in [0, 0.05) is 19.6 Å². The van der Waals surface area contributed by atoms with Crippen molar-refractivity contribution >= 4 is 12.6 Å². The van der Waals surface area contributed by atoms with Crippen molar-refractivity contribution in [1.29, 1.82) is 0 Å². The summed E-state index contributed by atoms with van der Waals surface area (Å²) >= 11 is 4.71. The Hall–Kier alpha value is 0.310. The summed E-state index contributed by atoms with van der Waals surface area (Å²) in [5.74, 6) is 3.20. The Morgan fingerprint density at radius 3 is 1.89 bits per heavy atom. The third-order valence-electron chi connectivity index (χ3n) is 5.24. The highest BCUT2D eigenvalue weighted by atomic mass is 32.1. The number of nitrogens with zero attached hydrogens (tertiary/aromatic N) is 1. The minimum absolute atomic E-state index is 0.561. The Labute approximate surface area is 118 Å². The molecule has 3 aliphatic rings. The maximum absolute atomic E-state index is 4.71. The SMILES string of the molecule is SCC1(CN(CC2CC2)CC2CC2)CCCCC1. The summed E-state index contributed by atoms with van der Waals surface area (Å²) in [6.07, 6.45) is 13.2. The van der Waals surface area contributed by atoms with Gasteiger partial charge in [0.15, 0.2) is 0 Å². The molecule has 3 rings (SSSR count). The maximum atomic E-state index is 4.71. The minimum atomic E-state index is 0.561. The van der Waals surface area contributed by atoms with Crippen molar-refractivity contribution in [2.45, 2.75) is 57.8 Å². The van der Waals surface area contributed by atoms with Crippen LogP contribution in [-0.2, 0) is 0 Å². The van der Waals surface area contributed by atoms with Crippen molar-refractivity contribution in [2.24, 2.45) is 17.3 Å². The monoisotopic (exact) mass is 267 g/mol. The van der Waals surface area contributed by atoms with Gasteiger partial charge < -0.3 is 4.90 Å². The van der Waals surface area contributed by atoms with E-state index < -0.39 is 0 Å². The fraction of sp³-hybridized carbons (Fsp3) is 1.00. The van der Waals surface area contributed by atoms with E-state index in [4.69, 9.17) is 12.6 Å². The highest BCUT2D eigenvalue weighted by molar-refractivity contribution is 7.80. The lowest BCUT2D eigenvalue weighted by molar-refractivity contribution is 0.118. The number of hydrogen-bond acceptors (Lipinski definition) is 2. The fourth-order valence-electron chi connectivity index (χ4n) is 3.68.